The van der Waals surface area contributed by atoms with Crippen LogP contribution in [0.15, 0.2) is 53.7 Å². The van der Waals surface area contributed by atoms with E-state index in [4.69, 9.17) is 4.98 Å². The lowest BCUT2D eigenvalue weighted by Gasteiger charge is -2.14. The molecular formula is C23H25FN6O. The number of benzene rings is 1. The van der Waals surface area contributed by atoms with Gasteiger partial charge in [0, 0.05) is 18.8 Å². The van der Waals surface area contributed by atoms with Crippen LogP contribution in [-0.4, -0.2) is 37.1 Å². The van der Waals surface area contributed by atoms with Crippen molar-refractivity contribution in [3.8, 4) is 5.75 Å². The lowest BCUT2D eigenvalue weighted by Crippen LogP contribution is -2.14. The van der Waals surface area contributed by atoms with Crippen LogP contribution in [0.2, 0.25) is 0 Å². The molecule has 2 aromatic heterocycles. The lowest BCUT2D eigenvalue weighted by molar-refractivity contribution is 0.475. The smallest absolute Gasteiger partial charge is 0.203 e. The summed E-state index contributed by atoms with van der Waals surface area (Å²) in [6, 6.07) is 7.23. The van der Waals surface area contributed by atoms with Crippen LogP contribution in [0.5, 0.6) is 5.75 Å². The number of anilines is 1. The number of aromatic nitrogens is 4. The number of imidazole rings is 1. The van der Waals surface area contributed by atoms with E-state index >= 15 is 0 Å². The molecule has 0 spiro atoms. The predicted octanol–water partition coefficient (Wildman–Crippen LogP) is 4.61. The number of rotatable bonds is 6. The third-order valence-corrected chi connectivity index (χ3v) is 5.13. The summed E-state index contributed by atoms with van der Waals surface area (Å²) >= 11 is 0. The second kappa shape index (κ2) is 8.67. The van der Waals surface area contributed by atoms with Gasteiger partial charge < -0.3 is 15.0 Å². The molecule has 0 aliphatic carbocycles. The molecule has 0 radical (unpaired) electrons. The number of halogens is 1. The van der Waals surface area contributed by atoms with Crippen molar-refractivity contribution in [3.63, 3.8) is 0 Å². The van der Waals surface area contributed by atoms with Crippen LogP contribution in [0.1, 0.15) is 43.0 Å². The second-order valence-corrected chi connectivity index (χ2v) is 7.72. The van der Waals surface area contributed by atoms with E-state index in [-0.39, 0.29) is 11.8 Å². The largest absolute Gasteiger partial charge is 0.508 e. The summed E-state index contributed by atoms with van der Waals surface area (Å²) in [5.41, 5.74) is 2.41. The first-order chi connectivity index (χ1) is 14.9. The molecule has 0 saturated heterocycles. The van der Waals surface area contributed by atoms with E-state index in [1.54, 1.807) is 30.4 Å². The van der Waals surface area contributed by atoms with Gasteiger partial charge in [0.25, 0.3) is 0 Å². The average molecular weight is 420 g/mol. The lowest BCUT2D eigenvalue weighted by atomic mass is 10.1. The Morgan fingerprint density at radius 1 is 1.13 bits per heavy atom. The van der Waals surface area contributed by atoms with Gasteiger partial charge in [0.15, 0.2) is 17.0 Å². The molecule has 1 unspecified atom stereocenters. The zero-order valence-corrected chi connectivity index (χ0v) is 17.7. The van der Waals surface area contributed by atoms with Crippen LogP contribution in [0, 0.1) is 6.92 Å². The summed E-state index contributed by atoms with van der Waals surface area (Å²) in [6.07, 6.45) is 7.28. The Kier molecular flexibility index (Phi) is 5.79. The van der Waals surface area contributed by atoms with Crippen molar-refractivity contribution in [3.05, 3.63) is 65.9 Å². The maximum absolute atomic E-state index is 14.6. The quantitative estimate of drug-likeness (QED) is 0.608. The standard InChI is InChI=1S/C23H25FN6O/c1-14(2)30-15(3)27-19-22(26-13-11-16-7-9-17(31)10-8-16)28-21(29-23(19)30)18-6-4-5-12-25-20(18)24/h4-10,12,14,18,31H,11,13H2,1-3H3,(H,26,28,29). The first kappa shape index (κ1) is 20.7. The number of phenols is 1. The summed E-state index contributed by atoms with van der Waals surface area (Å²) in [4.78, 5) is 17.8. The normalized spacial score (nSPS) is 16.0. The van der Waals surface area contributed by atoms with Crippen LogP contribution >= 0.6 is 0 Å². The number of aliphatic imine (C=N–C) groups is 1. The molecule has 0 saturated carbocycles. The molecule has 0 amide bonds. The molecule has 0 fully saturated rings. The molecule has 1 atom stereocenters. The molecule has 0 bridgehead atoms. The number of allylic oxidation sites excluding steroid dienone is 3. The van der Waals surface area contributed by atoms with E-state index in [1.165, 1.54) is 6.20 Å². The predicted molar refractivity (Wildman–Crippen MR) is 120 cm³/mol. The fourth-order valence-corrected chi connectivity index (χ4v) is 3.66. The van der Waals surface area contributed by atoms with Gasteiger partial charge >= 0.3 is 0 Å². The van der Waals surface area contributed by atoms with Gasteiger partial charge in [0.05, 0.1) is 0 Å². The number of aromatic hydroxyl groups is 1. The van der Waals surface area contributed by atoms with Gasteiger partial charge in [-0.25, -0.2) is 19.9 Å². The second-order valence-electron chi connectivity index (χ2n) is 7.72. The molecule has 3 heterocycles. The molecule has 8 heteroatoms. The zero-order chi connectivity index (χ0) is 22.0. The molecule has 3 aromatic rings. The van der Waals surface area contributed by atoms with Gasteiger partial charge in [-0.05, 0) is 51.0 Å². The number of nitrogens with zero attached hydrogens (tertiary/aromatic N) is 5. The Labute approximate surface area is 180 Å². The Morgan fingerprint density at radius 2 is 1.90 bits per heavy atom. The first-order valence-electron chi connectivity index (χ1n) is 10.3. The van der Waals surface area contributed by atoms with Gasteiger partial charge in [-0.2, -0.15) is 4.39 Å². The van der Waals surface area contributed by atoms with Crippen LogP contribution in [0.25, 0.3) is 11.2 Å². The fraction of sp³-hybridized carbons (Fsp3) is 0.304. The van der Waals surface area contributed by atoms with Crippen molar-refractivity contribution in [1.82, 2.24) is 19.5 Å². The van der Waals surface area contributed by atoms with Gasteiger partial charge in [-0.1, -0.05) is 24.3 Å². The first-order valence-corrected chi connectivity index (χ1v) is 10.3. The molecule has 1 aliphatic heterocycles. The van der Waals surface area contributed by atoms with Gasteiger partial charge in [0.2, 0.25) is 5.97 Å². The maximum atomic E-state index is 14.6. The van der Waals surface area contributed by atoms with E-state index in [9.17, 15) is 9.50 Å². The zero-order valence-electron chi connectivity index (χ0n) is 17.7. The van der Waals surface area contributed by atoms with E-state index < -0.39 is 11.9 Å². The minimum absolute atomic E-state index is 0.141. The number of fused-ring (bicyclic) bond motifs is 1. The highest BCUT2D eigenvalue weighted by Gasteiger charge is 2.24. The third-order valence-electron chi connectivity index (χ3n) is 5.13. The number of hydrogen-bond acceptors (Lipinski definition) is 6. The Balaban J connectivity index is 1.72. The number of hydrogen-bond donors (Lipinski definition) is 2. The molecule has 31 heavy (non-hydrogen) atoms. The Hall–Kier alpha value is -3.55. The minimum atomic E-state index is -0.757. The third kappa shape index (κ3) is 4.33. The van der Waals surface area contributed by atoms with Crippen molar-refractivity contribution in [2.75, 3.05) is 11.9 Å². The van der Waals surface area contributed by atoms with E-state index in [1.807, 2.05) is 23.6 Å². The summed E-state index contributed by atoms with van der Waals surface area (Å²) in [7, 11) is 0. The van der Waals surface area contributed by atoms with Crippen LogP contribution in [-0.2, 0) is 6.42 Å². The molecule has 2 N–H and O–H groups in total. The highest BCUT2D eigenvalue weighted by molar-refractivity contribution is 5.88. The molecule has 1 aromatic carbocycles. The van der Waals surface area contributed by atoms with Crippen molar-refractivity contribution in [2.45, 2.75) is 39.2 Å². The molecule has 1 aliphatic rings. The molecule has 7 nitrogen and oxygen atoms in total. The van der Waals surface area contributed by atoms with Crippen molar-refractivity contribution >= 4 is 22.9 Å². The molecular weight excluding hydrogens is 395 g/mol. The van der Waals surface area contributed by atoms with Crippen LogP contribution < -0.4 is 5.32 Å². The summed E-state index contributed by atoms with van der Waals surface area (Å²) in [6.45, 7) is 6.65. The van der Waals surface area contributed by atoms with Crippen molar-refractivity contribution < 1.29 is 9.50 Å². The molecule has 160 valence electrons. The molecule has 4 rings (SSSR count). The maximum Gasteiger partial charge on any atom is 0.203 e. The number of aryl methyl sites for hydroxylation is 1. The van der Waals surface area contributed by atoms with Crippen molar-refractivity contribution in [2.24, 2.45) is 4.99 Å². The van der Waals surface area contributed by atoms with Crippen molar-refractivity contribution in [1.29, 1.82) is 0 Å². The Morgan fingerprint density at radius 3 is 2.65 bits per heavy atom. The average Bonchev–Trinajstić information content (AvgIpc) is 2.92. The summed E-state index contributed by atoms with van der Waals surface area (Å²) < 4.78 is 16.6. The number of phenolic OH excluding ortho intramolecular Hbond substituents is 1. The fourth-order valence-electron chi connectivity index (χ4n) is 3.66. The summed E-state index contributed by atoms with van der Waals surface area (Å²) in [5, 5.41) is 12.8. The van der Waals surface area contributed by atoms with E-state index in [0.717, 1.165) is 17.8 Å². The van der Waals surface area contributed by atoms with Crippen LogP contribution in [0.3, 0.4) is 0 Å². The van der Waals surface area contributed by atoms with E-state index in [0.29, 0.717) is 29.4 Å². The van der Waals surface area contributed by atoms with Gasteiger partial charge in [0.1, 0.15) is 23.3 Å². The van der Waals surface area contributed by atoms with E-state index in [2.05, 4.69) is 34.1 Å². The summed E-state index contributed by atoms with van der Waals surface area (Å²) in [5.74, 6) is 0.662. The van der Waals surface area contributed by atoms with Gasteiger partial charge in [-0.3, -0.25) is 0 Å². The topological polar surface area (TPSA) is 88.2 Å². The van der Waals surface area contributed by atoms with Crippen LogP contribution in [0.4, 0.5) is 10.2 Å². The monoisotopic (exact) mass is 420 g/mol. The Bertz CT molecular complexity index is 1180. The van der Waals surface area contributed by atoms with Gasteiger partial charge in [-0.15, -0.1) is 0 Å². The number of nitrogens with one attached hydrogen (secondary N) is 1. The minimum Gasteiger partial charge on any atom is -0.508 e. The highest BCUT2D eigenvalue weighted by atomic mass is 19.1. The SMILES string of the molecule is Cc1nc2c(NCCc3ccc(O)cc3)nc(C3C=CC=CN=C3F)nc2n1C(C)C. The highest BCUT2D eigenvalue weighted by Crippen LogP contribution is 2.28.